The first-order chi connectivity index (χ1) is 26.0. The minimum atomic E-state index is -0.984. The Morgan fingerprint density at radius 3 is 1.54 bits per heavy atom. The summed E-state index contributed by atoms with van der Waals surface area (Å²) in [5.41, 5.74) is 8.33. The first-order valence-corrected chi connectivity index (χ1v) is 17.5. The van der Waals surface area contributed by atoms with Gasteiger partial charge in [-0.05, 0) is 74.2 Å². The highest BCUT2D eigenvalue weighted by Crippen LogP contribution is 2.37. The highest BCUT2D eigenvalue weighted by molar-refractivity contribution is 5.88. The Bertz CT molecular complexity index is 2110. The number of aryl methyl sites for hydroxylation is 1. The lowest BCUT2D eigenvalue weighted by molar-refractivity contribution is -0.00460. The van der Waals surface area contributed by atoms with Crippen molar-refractivity contribution in [2.45, 2.75) is 71.4 Å². The summed E-state index contributed by atoms with van der Waals surface area (Å²) in [5.74, 6) is 0.617. The van der Waals surface area contributed by atoms with E-state index in [9.17, 15) is 9.59 Å². The Hall–Kier alpha value is -6.50. The summed E-state index contributed by atoms with van der Waals surface area (Å²) in [6.07, 6.45) is -0.328. The largest absolute Gasteiger partial charge is 0.489 e. The molecule has 0 bridgehead atoms. The molecule has 6 aromatic rings. The predicted octanol–water partition coefficient (Wildman–Crippen LogP) is 7.52. The van der Waals surface area contributed by atoms with Crippen molar-refractivity contribution < 1.29 is 32.8 Å². The Balaban J connectivity index is 1.34. The van der Waals surface area contributed by atoms with E-state index in [1.54, 1.807) is 27.7 Å². The molecule has 6 rings (SSSR count). The molecular formula is C41H42N6O7. The van der Waals surface area contributed by atoms with E-state index in [1.165, 1.54) is 4.90 Å². The standard InChI is InChI=1S/C41H42N6O7/c1-27-43-38(53-45-27)34(23-28-15-19-32(20-16-28)50-25-30-11-7-5-8-12-30)47(40(49)52-41(2,3)4)35(39-44-37(36(42)48)46-54-39)24-29-17-21-33(22-18-29)51-26-31-13-9-6-10-14-31/h5-22,34-35H,23-26H2,1-4H3,(H2,42,48)/t34-,35-/m1/s1. The molecule has 0 unspecified atom stereocenters. The fourth-order valence-corrected chi connectivity index (χ4v) is 5.69. The summed E-state index contributed by atoms with van der Waals surface area (Å²) >= 11 is 0. The van der Waals surface area contributed by atoms with Crippen LogP contribution < -0.4 is 15.2 Å². The molecule has 0 aliphatic carbocycles. The number of nitrogens with zero attached hydrogens (tertiary/aromatic N) is 5. The van der Waals surface area contributed by atoms with E-state index in [-0.39, 0.29) is 30.4 Å². The Kier molecular flexibility index (Phi) is 11.7. The molecule has 2 atom stereocenters. The van der Waals surface area contributed by atoms with Gasteiger partial charge in [-0.15, -0.1) is 0 Å². The number of nitrogens with two attached hydrogens (primary N) is 1. The van der Waals surface area contributed by atoms with Crippen molar-refractivity contribution in [3.8, 4) is 11.5 Å². The average Bonchev–Trinajstić information content (AvgIpc) is 3.84. The molecule has 4 aromatic carbocycles. The fourth-order valence-electron chi connectivity index (χ4n) is 5.69. The van der Waals surface area contributed by atoms with Gasteiger partial charge in [-0.3, -0.25) is 9.69 Å². The topological polar surface area (TPSA) is 169 Å². The smallest absolute Gasteiger partial charge is 0.411 e. The van der Waals surface area contributed by atoms with Gasteiger partial charge in [0.1, 0.15) is 42.4 Å². The van der Waals surface area contributed by atoms with E-state index in [4.69, 9.17) is 29.0 Å². The van der Waals surface area contributed by atoms with Crippen LogP contribution in [-0.4, -0.2) is 42.8 Å². The molecule has 54 heavy (non-hydrogen) atoms. The third-order valence-corrected chi connectivity index (χ3v) is 8.25. The number of primary amides is 1. The van der Waals surface area contributed by atoms with Crippen molar-refractivity contribution in [2.24, 2.45) is 5.73 Å². The van der Waals surface area contributed by atoms with Gasteiger partial charge in [0.15, 0.2) is 5.82 Å². The van der Waals surface area contributed by atoms with Crippen LogP contribution in [0, 0.1) is 6.92 Å². The van der Waals surface area contributed by atoms with E-state index in [0.717, 1.165) is 22.3 Å². The summed E-state index contributed by atoms with van der Waals surface area (Å²) in [5, 5.41) is 7.85. The van der Waals surface area contributed by atoms with E-state index in [2.05, 4.69) is 20.3 Å². The number of carbonyl (C=O) groups is 2. The maximum absolute atomic E-state index is 14.5. The number of benzene rings is 4. The van der Waals surface area contributed by atoms with Gasteiger partial charge in [-0.25, -0.2) is 4.79 Å². The van der Waals surface area contributed by atoms with Gasteiger partial charge < -0.3 is 29.0 Å². The van der Waals surface area contributed by atoms with Crippen molar-refractivity contribution in [3.05, 3.63) is 155 Å². The molecule has 13 nitrogen and oxygen atoms in total. The van der Waals surface area contributed by atoms with Crippen molar-refractivity contribution in [2.75, 3.05) is 0 Å². The molecule has 0 aliphatic heterocycles. The van der Waals surface area contributed by atoms with E-state index in [0.29, 0.717) is 30.5 Å². The number of hydrogen-bond donors (Lipinski definition) is 1. The highest BCUT2D eigenvalue weighted by atomic mass is 16.6. The lowest BCUT2D eigenvalue weighted by Crippen LogP contribution is -2.43. The van der Waals surface area contributed by atoms with Crippen LogP contribution in [0.1, 0.15) is 83.3 Å². The average molecular weight is 731 g/mol. The van der Waals surface area contributed by atoms with Crippen molar-refractivity contribution in [1.82, 2.24) is 25.2 Å². The number of ether oxygens (including phenoxy) is 3. The van der Waals surface area contributed by atoms with Crippen LogP contribution in [0.5, 0.6) is 11.5 Å². The number of carbonyl (C=O) groups excluding carboxylic acids is 2. The molecule has 2 amide bonds. The molecule has 0 aliphatic rings. The van der Waals surface area contributed by atoms with Crippen LogP contribution in [0.3, 0.4) is 0 Å². The second-order valence-corrected chi connectivity index (χ2v) is 13.7. The summed E-state index contributed by atoms with van der Waals surface area (Å²) in [7, 11) is 0. The van der Waals surface area contributed by atoms with E-state index in [1.807, 2.05) is 109 Å². The van der Waals surface area contributed by atoms with Crippen LogP contribution in [-0.2, 0) is 30.8 Å². The molecule has 278 valence electrons. The van der Waals surface area contributed by atoms with E-state index < -0.39 is 29.7 Å². The van der Waals surface area contributed by atoms with Gasteiger partial charge >= 0.3 is 6.09 Å². The Labute approximate surface area is 313 Å². The van der Waals surface area contributed by atoms with Crippen molar-refractivity contribution in [1.29, 1.82) is 0 Å². The Morgan fingerprint density at radius 2 is 1.13 bits per heavy atom. The molecule has 0 radical (unpaired) electrons. The zero-order chi connectivity index (χ0) is 38.1. The zero-order valence-electron chi connectivity index (χ0n) is 30.5. The first kappa shape index (κ1) is 37.3. The number of amides is 2. The van der Waals surface area contributed by atoms with Gasteiger partial charge in [0, 0.05) is 12.8 Å². The van der Waals surface area contributed by atoms with Crippen LogP contribution >= 0.6 is 0 Å². The SMILES string of the molecule is Cc1noc([C@@H](Cc2ccc(OCc3ccccc3)cc2)N(C(=O)OC(C)(C)C)[C@H](Cc2ccc(OCc3ccccc3)cc2)c2nc(C(N)=O)no2)n1. The third-order valence-electron chi connectivity index (χ3n) is 8.25. The lowest BCUT2D eigenvalue weighted by Gasteiger charge is -2.36. The molecule has 0 saturated carbocycles. The predicted molar refractivity (Wildman–Crippen MR) is 197 cm³/mol. The molecule has 13 heteroatoms. The van der Waals surface area contributed by atoms with Crippen LogP contribution in [0.25, 0.3) is 0 Å². The fraction of sp³-hybridized carbons (Fsp3) is 0.268. The number of rotatable bonds is 15. The molecule has 0 spiro atoms. The van der Waals surface area contributed by atoms with Crippen LogP contribution in [0.2, 0.25) is 0 Å². The summed E-state index contributed by atoms with van der Waals surface area (Å²) in [6, 6.07) is 32.8. The second-order valence-electron chi connectivity index (χ2n) is 13.7. The number of aromatic nitrogens is 4. The van der Waals surface area contributed by atoms with Crippen LogP contribution in [0.15, 0.2) is 118 Å². The van der Waals surface area contributed by atoms with Gasteiger partial charge in [0.05, 0.1) is 0 Å². The van der Waals surface area contributed by atoms with Gasteiger partial charge in [0.2, 0.25) is 11.8 Å². The maximum Gasteiger partial charge on any atom is 0.411 e. The normalized spacial score (nSPS) is 12.4. The van der Waals surface area contributed by atoms with Crippen LogP contribution in [0.4, 0.5) is 4.79 Å². The molecule has 2 heterocycles. The Morgan fingerprint density at radius 1 is 0.667 bits per heavy atom. The van der Waals surface area contributed by atoms with Crippen molar-refractivity contribution in [3.63, 3.8) is 0 Å². The minimum Gasteiger partial charge on any atom is -0.489 e. The van der Waals surface area contributed by atoms with Gasteiger partial charge in [-0.2, -0.15) is 9.97 Å². The second kappa shape index (κ2) is 16.9. The summed E-state index contributed by atoms with van der Waals surface area (Å²) in [4.78, 5) is 36.9. The van der Waals surface area contributed by atoms with Crippen molar-refractivity contribution >= 4 is 12.0 Å². The summed E-state index contributed by atoms with van der Waals surface area (Å²) < 4.78 is 29.4. The van der Waals surface area contributed by atoms with Gasteiger partial charge in [-0.1, -0.05) is 95.2 Å². The van der Waals surface area contributed by atoms with E-state index >= 15 is 0 Å². The molecule has 0 fully saturated rings. The monoisotopic (exact) mass is 730 g/mol. The minimum absolute atomic E-state index is 0.0371. The molecule has 0 saturated heterocycles. The molecule has 2 aromatic heterocycles. The maximum atomic E-state index is 14.5. The third kappa shape index (κ3) is 10.1. The lowest BCUT2D eigenvalue weighted by atomic mass is 9.99. The molecular weight excluding hydrogens is 688 g/mol. The highest BCUT2D eigenvalue weighted by Gasteiger charge is 2.41. The zero-order valence-corrected chi connectivity index (χ0v) is 30.5. The molecule has 2 N–H and O–H groups in total. The summed E-state index contributed by atoms with van der Waals surface area (Å²) in [6.45, 7) is 7.81. The number of hydrogen-bond acceptors (Lipinski definition) is 11. The quantitative estimate of drug-likeness (QED) is 0.111. The first-order valence-electron chi connectivity index (χ1n) is 17.5. The van der Waals surface area contributed by atoms with Gasteiger partial charge in [0.25, 0.3) is 11.7 Å².